The van der Waals surface area contributed by atoms with E-state index < -0.39 is 0 Å². The summed E-state index contributed by atoms with van der Waals surface area (Å²) in [6.07, 6.45) is 2.68. The number of likely N-dealkylation sites (N-methyl/N-ethyl adjacent to an activating group) is 1. The molecule has 0 aromatic heterocycles. The van der Waals surface area contributed by atoms with Crippen LogP contribution in [0.2, 0.25) is 0 Å². The van der Waals surface area contributed by atoms with Crippen molar-refractivity contribution in [2.75, 3.05) is 20.1 Å². The van der Waals surface area contributed by atoms with Crippen molar-refractivity contribution in [2.45, 2.75) is 45.2 Å². The molecule has 1 fully saturated rings. The molecule has 1 atom stereocenters. The summed E-state index contributed by atoms with van der Waals surface area (Å²) in [5, 5.41) is 6.05. The molecule has 2 N–H and O–H groups in total. The van der Waals surface area contributed by atoms with Crippen LogP contribution in [0.25, 0.3) is 0 Å². The molecule has 1 aliphatic heterocycles. The highest BCUT2D eigenvalue weighted by atomic mass is 35.5. The molecule has 0 aliphatic carbocycles. The summed E-state index contributed by atoms with van der Waals surface area (Å²) in [4.78, 5) is 24.8. The van der Waals surface area contributed by atoms with Crippen molar-refractivity contribution in [3.63, 3.8) is 0 Å². The normalized spacial score (nSPS) is 18.3. The zero-order valence-electron chi connectivity index (χ0n) is 11.4. The Balaban J connectivity index is 0.00000289. The van der Waals surface area contributed by atoms with E-state index in [1.165, 1.54) is 4.90 Å². The molecule has 0 saturated carbocycles. The van der Waals surface area contributed by atoms with Gasteiger partial charge in [-0.2, -0.15) is 0 Å². The van der Waals surface area contributed by atoms with Gasteiger partial charge in [-0.25, -0.2) is 0 Å². The Morgan fingerprint density at radius 1 is 1.44 bits per heavy atom. The second kappa shape index (κ2) is 8.32. The maximum Gasteiger partial charge on any atom is 0.239 e. The number of hydrogen-bond donors (Lipinski definition) is 2. The van der Waals surface area contributed by atoms with E-state index in [-0.39, 0.29) is 42.8 Å². The van der Waals surface area contributed by atoms with Crippen LogP contribution in [0.4, 0.5) is 0 Å². The van der Waals surface area contributed by atoms with Crippen LogP contribution in [0, 0.1) is 0 Å². The summed E-state index contributed by atoms with van der Waals surface area (Å²) < 4.78 is 0. The number of halogens is 1. The zero-order valence-corrected chi connectivity index (χ0v) is 12.2. The average Bonchev–Trinajstić information content (AvgIpc) is 2.68. The van der Waals surface area contributed by atoms with Crippen molar-refractivity contribution >= 4 is 24.2 Å². The Labute approximate surface area is 115 Å². The van der Waals surface area contributed by atoms with Gasteiger partial charge in [0, 0.05) is 25.6 Å². The molecule has 1 unspecified atom stereocenters. The van der Waals surface area contributed by atoms with E-state index in [0.717, 1.165) is 19.4 Å². The third kappa shape index (κ3) is 6.21. The molecule has 5 nitrogen and oxygen atoms in total. The first-order valence-corrected chi connectivity index (χ1v) is 6.25. The molecule has 0 bridgehead atoms. The molecular formula is C12H24ClN3O2. The molecule has 0 aromatic rings. The van der Waals surface area contributed by atoms with Gasteiger partial charge in [-0.05, 0) is 33.2 Å². The highest BCUT2D eigenvalue weighted by Crippen LogP contribution is 2.09. The smallest absolute Gasteiger partial charge is 0.239 e. The second-order valence-electron chi connectivity index (χ2n) is 4.97. The van der Waals surface area contributed by atoms with Gasteiger partial charge in [0.05, 0.1) is 6.54 Å². The molecule has 6 heteroatoms. The van der Waals surface area contributed by atoms with Gasteiger partial charge in [-0.1, -0.05) is 0 Å². The molecular weight excluding hydrogens is 254 g/mol. The molecule has 0 aromatic carbocycles. The van der Waals surface area contributed by atoms with Gasteiger partial charge in [0.1, 0.15) is 0 Å². The van der Waals surface area contributed by atoms with E-state index in [9.17, 15) is 9.59 Å². The lowest BCUT2D eigenvalue weighted by atomic mass is 10.1. The van der Waals surface area contributed by atoms with Crippen molar-refractivity contribution < 1.29 is 9.59 Å². The van der Waals surface area contributed by atoms with Crippen LogP contribution >= 0.6 is 12.4 Å². The first-order chi connectivity index (χ1) is 7.99. The Kier molecular flexibility index (Phi) is 7.95. The van der Waals surface area contributed by atoms with Crippen molar-refractivity contribution in [1.29, 1.82) is 0 Å². The summed E-state index contributed by atoms with van der Waals surface area (Å²) in [6.45, 7) is 4.95. The SMILES string of the molecule is CC(C)NC(=O)CN(C)C(=O)CC1CCCN1.Cl. The summed E-state index contributed by atoms with van der Waals surface area (Å²) in [5.74, 6) is -0.0708. The molecule has 0 spiro atoms. The molecule has 1 heterocycles. The third-order valence-electron chi connectivity index (χ3n) is 2.84. The van der Waals surface area contributed by atoms with E-state index in [1.54, 1.807) is 7.05 Å². The van der Waals surface area contributed by atoms with Gasteiger partial charge in [0.15, 0.2) is 0 Å². The fraction of sp³-hybridized carbons (Fsp3) is 0.833. The van der Waals surface area contributed by atoms with Gasteiger partial charge in [0.25, 0.3) is 0 Å². The molecule has 1 aliphatic rings. The summed E-state index contributed by atoms with van der Waals surface area (Å²) >= 11 is 0. The van der Waals surface area contributed by atoms with Gasteiger partial charge < -0.3 is 15.5 Å². The van der Waals surface area contributed by atoms with E-state index >= 15 is 0 Å². The molecule has 0 radical (unpaired) electrons. The minimum Gasteiger partial charge on any atom is -0.352 e. The quantitative estimate of drug-likeness (QED) is 0.771. The lowest BCUT2D eigenvalue weighted by Crippen LogP contribution is -2.42. The number of carbonyl (C=O) groups is 2. The fourth-order valence-corrected chi connectivity index (χ4v) is 1.97. The van der Waals surface area contributed by atoms with Gasteiger partial charge >= 0.3 is 0 Å². The molecule has 1 saturated heterocycles. The number of hydrogen-bond acceptors (Lipinski definition) is 3. The Bertz CT molecular complexity index is 278. The van der Waals surface area contributed by atoms with Crippen molar-refractivity contribution in [2.24, 2.45) is 0 Å². The summed E-state index contributed by atoms with van der Waals surface area (Å²) in [7, 11) is 1.68. The summed E-state index contributed by atoms with van der Waals surface area (Å²) in [5.41, 5.74) is 0. The number of nitrogens with zero attached hydrogens (tertiary/aromatic N) is 1. The Morgan fingerprint density at radius 3 is 2.61 bits per heavy atom. The average molecular weight is 278 g/mol. The molecule has 1 rings (SSSR count). The maximum atomic E-state index is 11.8. The van der Waals surface area contributed by atoms with Crippen LogP contribution in [-0.4, -0.2) is 48.9 Å². The first kappa shape index (κ1) is 17.2. The van der Waals surface area contributed by atoms with E-state index in [1.807, 2.05) is 13.8 Å². The van der Waals surface area contributed by atoms with Crippen molar-refractivity contribution in [1.82, 2.24) is 15.5 Å². The van der Waals surface area contributed by atoms with Crippen molar-refractivity contribution in [3.8, 4) is 0 Å². The lowest BCUT2D eigenvalue weighted by Gasteiger charge is -2.19. The van der Waals surface area contributed by atoms with Crippen LogP contribution in [0.3, 0.4) is 0 Å². The molecule has 2 amide bonds. The second-order valence-corrected chi connectivity index (χ2v) is 4.97. The predicted molar refractivity (Wildman–Crippen MR) is 73.8 cm³/mol. The third-order valence-corrected chi connectivity index (χ3v) is 2.84. The Morgan fingerprint density at radius 2 is 2.11 bits per heavy atom. The van der Waals surface area contributed by atoms with Crippen LogP contribution in [0.5, 0.6) is 0 Å². The van der Waals surface area contributed by atoms with Crippen molar-refractivity contribution in [3.05, 3.63) is 0 Å². The minimum atomic E-state index is -0.102. The predicted octanol–water partition coefficient (Wildman–Crippen LogP) is 0.533. The monoisotopic (exact) mass is 277 g/mol. The number of rotatable bonds is 5. The van der Waals surface area contributed by atoms with Crippen LogP contribution < -0.4 is 10.6 Å². The van der Waals surface area contributed by atoms with Crippen LogP contribution in [0.1, 0.15) is 33.1 Å². The fourth-order valence-electron chi connectivity index (χ4n) is 1.97. The lowest BCUT2D eigenvalue weighted by molar-refractivity contribution is -0.135. The van der Waals surface area contributed by atoms with Crippen LogP contribution in [-0.2, 0) is 9.59 Å². The standard InChI is InChI=1S/C12H23N3O2.ClH/c1-9(2)14-11(16)8-15(3)12(17)7-10-5-4-6-13-10;/h9-10,13H,4-8H2,1-3H3,(H,14,16);1H. The summed E-state index contributed by atoms with van der Waals surface area (Å²) in [6, 6.07) is 0.403. The topological polar surface area (TPSA) is 61.4 Å². The maximum absolute atomic E-state index is 11.8. The number of nitrogens with one attached hydrogen (secondary N) is 2. The highest BCUT2D eigenvalue weighted by Gasteiger charge is 2.20. The minimum absolute atomic E-state index is 0. The number of amides is 2. The Hall–Kier alpha value is -0.810. The number of carbonyl (C=O) groups excluding carboxylic acids is 2. The van der Waals surface area contributed by atoms with Gasteiger partial charge in [0.2, 0.25) is 11.8 Å². The van der Waals surface area contributed by atoms with E-state index in [2.05, 4.69) is 10.6 Å². The molecule has 106 valence electrons. The first-order valence-electron chi connectivity index (χ1n) is 6.25. The van der Waals surface area contributed by atoms with E-state index in [4.69, 9.17) is 0 Å². The van der Waals surface area contributed by atoms with E-state index in [0.29, 0.717) is 6.42 Å². The largest absolute Gasteiger partial charge is 0.352 e. The highest BCUT2D eigenvalue weighted by molar-refractivity contribution is 5.85. The van der Waals surface area contributed by atoms with Crippen LogP contribution in [0.15, 0.2) is 0 Å². The molecule has 18 heavy (non-hydrogen) atoms. The van der Waals surface area contributed by atoms with Gasteiger partial charge in [-0.3, -0.25) is 9.59 Å². The van der Waals surface area contributed by atoms with Gasteiger partial charge in [-0.15, -0.1) is 12.4 Å². The zero-order chi connectivity index (χ0) is 12.8.